The second-order valence-corrected chi connectivity index (χ2v) is 4.78. The summed E-state index contributed by atoms with van der Waals surface area (Å²) in [7, 11) is 0. The third-order valence-electron chi connectivity index (χ3n) is 2.91. The summed E-state index contributed by atoms with van der Waals surface area (Å²) < 4.78 is 4.75. The van der Waals surface area contributed by atoms with Crippen molar-refractivity contribution in [1.82, 2.24) is 10.6 Å². The van der Waals surface area contributed by atoms with Crippen LogP contribution in [0.3, 0.4) is 0 Å². The third kappa shape index (κ3) is 6.88. The quantitative estimate of drug-likeness (QED) is 0.706. The van der Waals surface area contributed by atoms with Crippen molar-refractivity contribution >= 4 is 17.8 Å². The first-order chi connectivity index (χ1) is 10.5. The lowest BCUT2D eigenvalue weighted by Gasteiger charge is -2.07. The predicted octanol–water partition coefficient (Wildman–Crippen LogP) is 1.18. The van der Waals surface area contributed by atoms with Crippen molar-refractivity contribution in [2.45, 2.75) is 26.7 Å². The molecule has 0 radical (unpaired) electrons. The molecule has 0 atom stereocenters. The Morgan fingerprint density at radius 3 is 2.27 bits per heavy atom. The van der Waals surface area contributed by atoms with Crippen LogP contribution in [-0.2, 0) is 14.3 Å². The lowest BCUT2D eigenvalue weighted by Crippen LogP contribution is -2.31. The van der Waals surface area contributed by atoms with Gasteiger partial charge in [0.05, 0.1) is 13.0 Å². The van der Waals surface area contributed by atoms with Crippen molar-refractivity contribution in [3.05, 3.63) is 35.4 Å². The van der Waals surface area contributed by atoms with Crippen LogP contribution in [0.4, 0.5) is 0 Å². The van der Waals surface area contributed by atoms with Gasteiger partial charge in [0.2, 0.25) is 5.91 Å². The van der Waals surface area contributed by atoms with E-state index in [2.05, 4.69) is 10.6 Å². The van der Waals surface area contributed by atoms with E-state index in [1.807, 2.05) is 19.1 Å². The van der Waals surface area contributed by atoms with Crippen LogP contribution in [-0.4, -0.2) is 37.5 Å². The molecule has 2 amide bonds. The number of hydrogen-bond acceptors (Lipinski definition) is 4. The van der Waals surface area contributed by atoms with Crippen LogP contribution in [0.2, 0.25) is 0 Å². The molecular weight excluding hydrogens is 284 g/mol. The lowest BCUT2D eigenvalue weighted by atomic mass is 10.1. The molecule has 0 unspecified atom stereocenters. The molecule has 1 aromatic rings. The van der Waals surface area contributed by atoms with Crippen LogP contribution >= 0.6 is 0 Å². The van der Waals surface area contributed by atoms with Gasteiger partial charge in [0.15, 0.2) is 0 Å². The molecule has 6 nitrogen and oxygen atoms in total. The van der Waals surface area contributed by atoms with E-state index in [1.54, 1.807) is 19.1 Å². The Labute approximate surface area is 130 Å². The largest absolute Gasteiger partial charge is 0.466 e. The fourth-order valence-corrected chi connectivity index (χ4v) is 1.72. The molecule has 1 aromatic carbocycles. The van der Waals surface area contributed by atoms with E-state index in [0.29, 0.717) is 12.2 Å². The number of carbonyl (C=O) groups excluding carboxylic acids is 3. The maximum Gasteiger partial charge on any atom is 0.307 e. The Hall–Kier alpha value is -2.37. The van der Waals surface area contributed by atoms with Gasteiger partial charge in [-0.3, -0.25) is 14.4 Å². The minimum atomic E-state index is -0.338. The zero-order valence-electron chi connectivity index (χ0n) is 13.0. The molecular formula is C16H22N2O4. The first-order valence-corrected chi connectivity index (χ1v) is 7.30. The molecule has 1 rings (SSSR count). The van der Waals surface area contributed by atoms with Gasteiger partial charge in [-0.25, -0.2) is 0 Å². The number of esters is 1. The highest BCUT2D eigenvalue weighted by molar-refractivity contribution is 5.94. The van der Waals surface area contributed by atoms with Crippen LogP contribution in [0.25, 0.3) is 0 Å². The van der Waals surface area contributed by atoms with Gasteiger partial charge in [-0.15, -0.1) is 0 Å². The Bertz CT molecular complexity index is 511. The molecule has 6 heteroatoms. The van der Waals surface area contributed by atoms with E-state index in [-0.39, 0.29) is 43.7 Å². The summed E-state index contributed by atoms with van der Waals surface area (Å²) in [5.74, 6) is -0.761. The van der Waals surface area contributed by atoms with Gasteiger partial charge in [0.1, 0.15) is 0 Å². The third-order valence-corrected chi connectivity index (χ3v) is 2.91. The normalized spacial score (nSPS) is 9.91. The standard InChI is InChI=1S/C16H22N2O4/c1-3-22-15(20)9-11-17-14(19)8-10-18-16(21)13-6-4-12(2)5-7-13/h4-7H,3,8-11H2,1-2H3,(H,17,19)(H,18,21). The number of nitrogens with one attached hydrogen (secondary N) is 2. The molecule has 0 bridgehead atoms. The van der Waals surface area contributed by atoms with Crippen LogP contribution in [0.5, 0.6) is 0 Å². The molecule has 0 spiro atoms. The summed E-state index contributed by atoms with van der Waals surface area (Å²) >= 11 is 0. The highest BCUT2D eigenvalue weighted by atomic mass is 16.5. The predicted molar refractivity (Wildman–Crippen MR) is 82.4 cm³/mol. The molecule has 0 aliphatic rings. The molecule has 120 valence electrons. The molecule has 0 aliphatic carbocycles. The van der Waals surface area contributed by atoms with E-state index in [9.17, 15) is 14.4 Å². The summed E-state index contributed by atoms with van der Waals surface area (Å²) in [6, 6.07) is 7.20. The topological polar surface area (TPSA) is 84.5 Å². The number of amides is 2. The maximum atomic E-state index is 11.8. The average molecular weight is 306 g/mol. The Morgan fingerprint density at radius 1 is 1.00 bits per heavy atom. The summed E-state index contributed by atoms with van der Waals surface area (Å²) in [5, 5.41) is 5.28. The number of hydrogen-bond donors (Lipinski definition) is 2. The molecule has 0 fully saturated rings. The van der Waals surface area contributed by atoms with Crippen LogP contribution in [0.1, 0.15) is 35.7 Å². The number of carbonyl (C=O) groups is 3. The molecule has 0 saturated heterocycles. The zero-order valence-corrected chi connectivity index (χ0v) is 13.0. The number of benzene rings is 1. The second-order valence-electron chi connectivity index (χ2n) is 4.78. The fourth-order valence-electron chi connectivity index (χ4n) is 1.72. The summed E-state index contributed by atoms with van der Waals surface area (Å²) in [6.07, 6.45) is 0.315. The van der Waals surface area contributed by atoms with Crippen LogP contribution in [0, 0.1) is 6.92 Å². The van der Waals surface area contributed by atoms with Gasteiger partial charge >= 0.3 is 5.97 Å². The minimum absolute atomic E-state index is 0.148. The second kappa shape index (κ2) is 9.55. The smallest absolute Gasteiger partial charge is 0.307 e. The van der Waals surface area contributed by atoms with Gasteiger partial charge in [-0.1, -0.05) is 17.7 Å². The van der Waals surface area contributed by atoms with Crippen molar-refractivity contribution in [3.63, 3.8) is 0 Å². The van der Waals surface area contributed by atoms with Gasteiger partial charge < -0.3 is 15.4 Å². The van der Waals surface area contributed by atoms with Crippen molar-refractivity contribution in [2.75, 3.05) is 19.7 Å². The summed E-state index contributed by atoms with van der Waals surface area (Å²) in [4.78, 5) is 34.4. The van der Waals surface area contributed by atoms with E-state index < -0.39 is 0 Å². The molecule has 0 saturated carbocycles. The number of rotatable bonds is 8. The minimum Gasteiger partial charge on any atom is -0.466 e. The first-order valence-electron chi connectivity index (χ1n) is 7.30. The molecule has 0 aliphatic heterocycles. The van der Waals surface area contributed by atoms with Crippen molar-refractivity contribution in [3.8, 4) is 0 Å². The van der Waals surface area contributed by atoms with Gasteiger partial charge in [0, 0.05) is 25.1 Å². The molecule has 0 aromatic heterocycles. The highest BCUT2D eigenvalue weighted by Gasteiger charge is 2.07. The molecule has 0 heterocycles. The van der Waals surface area contributed by atoms with Crippen LogP contribution < -0.4 is 10.6 Å². The number of ether oxygens (including phenoxy) is 1. The maximum absolute atomic E-state index is 11.8. The highest BCUT2D eigenvalue weighted by Crippen LogP contribution is 2.02. The van der Waals surface area contributed by atoms with Crippen molar-refractivity contribution in [2.24, 2.45) is 0 Å². The Balaban J connectivity index is 2.18. The Kier molecular flexibility index (Phi) is 7.67. The van der Waals surface area contributed by atoms with Crippen molar-refractivity contribution < 1.29 is 19.1 Å². The zero-order chi connectivity index (χ0) is 16.4. The Morgan fingerprint density at radius 2 is 1.64 bits per heavy atom. The SMILES string of the molecule is CCOC(=O)CCNC(=O)CCNC(=O)c1ccc(C)cc1. The fraction of sp³-hybridized carbons (Fsp3) is 0.438. The van der Waals surface area contributed by atoms with E-state index in [1.165, 1.54) is 0 Å². The monoisotopic (exact) mass is 306 g/mol. The lowest BCUT2D eigenvalue weighted by molar-refractivity contribution is -0.143. The van der Waals surface area contributed by atoms with E-state index in [0.717, 1.165) is 5.56 Å². The van der Waals surface area contributed by atoms with E-state index >= 15 is 0 Å². The van der Waals surface area contributed by atoms with Crippen LogP contribution in [0.15, 0.2) is 24.3 Å². The van der Waals surface area contributed by atoms with Crippen molar-refractivity contribution in [1.29, 1.82) is 0 Å². The number of aryl methyl sites for hydroxylation is 1. The summed E-state index contributed by atoms with van der Waals surface area (Å²) in [6.45, 7) is 4.49. The summed E-state index contributed by atoms with van der Waals surface area (Å²) in [5.41, 5.74) is 1.64. The van der Waals surface area contributed by atoms with Gasteiger partial charge in [-0.2, -0.15) is 0 Å². The van der Waals surface area contributed by atoms with Gasteiger partial charge in [-0.05, 0) is 26.0 Å². The van der Waals surface area contributed by atoms with Gasteiger partial charge in [0.25, 0.3) is 5.91 Å². The average Bonchev–Trinajstić information content (AvgIpc) is 2.48. The molecule has 2 N–H and O–H groups in total. The van der Waals surface area contributed by atoms with E-state index in [4.69, 9.17) is 4.74 Å². The first kappa shape index (κ1) is 17.7. The molecule has 22 heavy (non-hydrogen) atoms.